The molecule has 1 heterocycles. The molecule has 2 rings (SSSR count). The highest BCUT2D eigenvalue weighted by molar-refractivity contribution is 5.82. The van der Waals surface area contributed by atoms with Gasteiger partial charge >= 0.3 is 0 Å². The summed E-state index contributed by atoms with van der Waals surface area (Å²) < 4.78 is 31.2. The molecule has 3 unspecified atom stereocenters. The van der Waals surface area contributed by atoms with Crippen molar-refractivity contribution >= 4 is 5.91 Å². The maximum atomic E-state index is 13.0. The van der Waals surface area contributed by atoms with Crippen LogP contribution in [0.4, 0.5) is 8.78 Å². The summed E-state index contributed by atoms with van der Waals surface area (Å²) in [5, 5.41) is 5.31. The molecule has 1 saturated heterocycles. The highest BCUT2D eigenvalue weighted by Crippen LogP contribution is 2.28. The van der Waals surface area contributed by atoms with Gasteiger partial charge in [0.1, 0.15) is 0 Å². The van der Waals surface area contributed by atoms with Crippen LogP contribution in [0.2, 0.25) is 0 Å². The van der Waals surface area contributed by atoms with E-state index in [0.29, 0.717) is 12.5 Å². The third-order valence-corrected chi connectivity index (χ3v) is 3.86. The molecule has 0 aromatic rings. The van der Waals surface area contributed by atoms with E-state index in [4.69, 9.17) is 4.74 Å². The molecule has 0 radical (unpaired) electrons. The minimum Gasteiger partial charge on any atom is -0.381 e. The Morgan fingerprint density at radius 2 is 2.28 bits per heavy atom. The second-order valence-electron chi connectivity index (χ2n) is 5.20. The summed E-state index contributed by atoms with van der Waals surface area (Å²) in [5.41, 5.74) is 0. The maximum absolute atomic E-state index is 13.0. The monoisotopic (exact) mass is 262 g/mol. The third-order valence-electron chi connectivity index (χ3n) is 3.86. The molecule has 3 atom stereocenters. The van der Waals surface area contributed by atoms with Gasteiger partial charge in [-0.1, -0.05) is 6.42 Å². The largest absolute Gasteiger partial charge is 0.381 e. The number of rotatable bonds is 4. The molecule has 104 valence electrons. The molecular formula is C12H20F2N2O2. The van der Waals surface area contributed by atoms with Crippen molar-refractivity contribution in [2.45, 2.75) is 43.8 Å². The standard InChI is InChI=1S/C12H20F2N2O2/c1-18-10-4-2-3-8(10)6-15-11(17)9-5-12(13,14)7-16-9/h8-10,16H,2-7H2,1H3,(H,15,17). The predicted molar refractivity (Wildman–Crippen MR) is 62.5 cm³/mol. The van der Waals surface area contributed by atoms with Gasteiger partial charge in [-0.3, -0.25) is 10.1 Å². The molecular weight excluding hydrogens is 242 g/mol. The summed E-state index contributed by atoms with van der Waals surface area (Å²) >= 11 is 0. The number of alkyl halides is 2. The van der Waals surface area contributed by atoms with Crippen LogP contribution in [0.1, 0.15) is 25.7 Å². The van der Waals surface area contributed by atoms with Crippen molar-refractivity contribution in [2.75, 3.05) is 20.2 Å². The van der Waals surface area contributed by atoms with Gasteiger partial charge in [0.25, 0.3) is 5.92 Å². The summed E-state index contributed by atoms with van der Waals surface area (Å²) in [6.45, 7) is 0.107. The maximum Gasteiger partial charge on any atom is 0.262 e. The number of amides is 1. The fraction of sp³-hybridized carbons (Fsp3) is 0.917. The highest BCUT2D eigenvalue weighted by Gasteiger charge is 2.42. The van der Waals surface area contributed by atoms with Crippen molar-refractivity contribution in [3.8, 4) is 0 Å². The summed E-state index contributed by atoms with van der Waals surface area (Å²) in [4.78, 5) is 11.7. The molecule has 4 nitrogen and oxygen atoms in total. The lowest BCUT2D eigenvalue weighted by atomic mass is 10.1. The van der Waals surface area contributed by atoms with E-state index in [1.807, 2.05) is 0 Å². The van der Waals surface area contributed by atoms with E-state index >= 15 is 0 Å². The van der Waals surface area contributed by atoms with Gasteiger partial charge in [0, 0.05) is 26.0 Å². The van der Waals surface area contributed by atoms with E-state index in [0.717, 1.165) is 19.3 Å². The first-order valence-corrected chi connectivity index (χ1v) is 6.43. The highest BCUT2D eigenvalue weighted by atomic mass is 19.3. The van der Waals surface area contributed by atoms with E-state index in [1.54, 1.807) is 7.11 Å². The second-order valence-corrected chi connectivity index (χ2v) is 5.20. The first kappa shape index (κ1) is 13.7. The van der Waals surface area contributed by atoms with E-state index < -0.39 is 24.9 Å². The number of hydrogen-bond donors (Lipinski definition) is 2. The molecule has 18 heavy (non-hydrogen) atoms. The SMILES string of the molecule is COC1CCCC1CNC(=O)C1CC(F)(F)CN1. The van der Waals surface area contributed by atoms with Gasteiger partial charge < -0.3 is 10.1 Å². The molecule has 2 fully saturated rings. The minimum absolute atomic E-state index is 0.184. The van der Waals surface area contributed by atoms with Crippen LogP contribution in [0.25, 0.3) is 0 Å². The average Bonchev–Trinajstić information content (AvgIpc) is 2.91. The van der Waals surface area contributed by atoms with Gasteiger partial charge in [0.05, 0.1) is 18.7 Å². The number of carbonyl (C=O) groups excluding carboxylic acids is 1. The third kappa shape index (κ3) is 3.17. The molecule has 2 aliphatic rings. The van der Waals surface area contributed by atoms with E-state index in [9.17, 15) is 13.6 Å². The Morgan fingerprint density at radius 1 is 1.50 bits per heavy atom. The van der Waals surface area contributed by atoms with Crippen LogP contribution in [-0.2, 0) is 9.53 Å². The topological polar surface area (TPSA) is 50.4 Å². The molecule has 0 spiro atoms. The van der Waals surface area contributed by atoms with Gasteiger partial charge in [-0.15, -0.1) is 0 Å². The van der Waals surface area contributed by atoms with E-state index in [2.05, 4.69) is 10.6 Å². The van der Waals surface area contributed by atoms with Crippen molar-refractivity contribution in [1.82, 2.24) is 10.6 Å². The van der Waals surface area contributed by atoms with Gasteiger partial charge in [0.2, 0.25) is 5.91 Å². The normalized spacial score (nSPS) is 34.7. The molecule has 1 aliphatic heterocycles. The van der Waals surface area contributed by atoms with Crippen LogP contribution in [0.5, 0.6) is 0 Å². The number of nitrogens with one attached hydrogen (secondary N) is 2. The Kier molecular flexibility index (Phi) is 4.17. The molecule has 1 saturated carbocycles. The summed E-state index contributed by atoms with van der Waals surface area (Å²) in [6, 6.07) is -0.762. The fourth-order valence-corrected chi connectivity index (χ4v) is 2.80. The number of hydrogen-bond acceptors (Lipinski definition) is 3. The second kappa shape index (κ2) is 5.48. The Bertz CT molecular complexity index is 312. The van der Waals surface area contributed by atoms with Crippen LogP contribution < -0.4 is 10.6 Å². The lowest BCUT2D eigenvalue weighted by Gasteiger charge is -2.19. The molecule has 1 amide bonds. The zero-order chi connectivity index (χ0) is 13.2. The zero-order valence-electron chi connectivity index (χ0n) is 10.5. The summed E-state index contributed by atoms with van der Waals surface area (Å²) in [6.07, 6.45) is 2.91. The Hall–Kier alpha value is -0.750. The van der Waals surface area contributed by atoms with Gasteiger partial charge in [-0.2, -0.15) is 0 Å². The smallest absolute Gasteiger partial charge is 0.262 e. The van der Waals surface area contributed by atoms with Crippen LogP contribution in [-0.4, -0.2) is 44.2 Å². The van der Waals surface area contributed by atoms with Crippen molar-refractivity contribution in [2.24, 2.45) is 5.92 Å². The zero-order valence-corrected chi connectivity index (χ0v) is 10.5. The van der Waals surface area contributed by atoms with Crippen molar-refractivity contribution in [1.29, 1.82) is 0 Å². The lowest BCUT2D eigenvalue weighted by molar-refractivity contribution is -0.123. The minimum atomic E-state index is -2.76. The Labute approximate surface area is 105 Å². The molecule has 6 heteroatoms. The molecule has 0 bridgehead atoms. The fourth-order valence-electron chi connectivity index (χ4n) is 2.80. The number of methoxy groups -OCH3 is 1. The molecule has 0 aromatic heterocycles. The number of ether oxygens (including phenoxy) is 1. The first-order valence-electron chi connectivity index (χ1n) is 6.43. The first-order chi connectivity index (χ1) is 8.52. The lowest BCUT2D eigenvalue weighted by Crippen LogP contribution is -2.43. The summed E-state index contributed by atoms with van der Waals surface area (Å²) in [5.74, 6) is -2.78. The van der Waals surface area contributed by atoms with Crippen LogP contribution in [0.15, 0.2) is 0 Å². The average molecular weight is 262 g/mol. The Balaban J connectivity index is 1.75. The van der Waals surface area contributed by atoms with Crippen LogP contribution in [0.3, 0.4) is 0 Å². The van der Waals surface area contributed by atoms with Crippen molar-refractivity contribution in [3.05, 3.63) is 0 Å². The molecule has 0 aromatic carbocycles. The summed E-state index contributed by atoms with van der Waals surface area (Å²) in [7, 11) is 1.67. The van der Waals surface area contributed by atoms with Gasteiger partial charge in [0.15, 0.2) is 0 Å². The van der Waals surface area contributed by atoms with Crippen LogP contribution >= 0.6 is 0 Å². The van der Waals surface area contributed by atoms with Crippen molar-refractivity contribution in [3.63, 3.8) is 0 Å². The molecule has 1 aliphatic carbocycles. The van der Waals surface area contributed by atoms with Gasteiger partial charge in [-0.25, -0.2) is 8.78 Å². The van der Waals surface area contributed by atoms with E-state index in [-0.39, 0.29) is 12.0 Å². The molecule has 2 N–H and O–H groups in total. The quantitative estimate of drug-likeness (QED) is 0.792. The Morgan fingerprint density at radius 3 is 2.89 bits per heavy atom. The van der Waals surface area contributed by atoms with Gasteiger partial charge in [-0.05, 0) is 12.8 Å². The van der Waals surface area contributed by atoms with E-state index in [1.165, 1.54) is 0 Å². The predicted octanol–water partition coefficient (Wildman–Crippen LogP) is 0.915. The number of halogens is 2. The van der Waals surface area contributed by atoms with Crippen LogP contribution in [0, 0.1) is 5.92 Å². The van der Waals surface area contributed by atoms with Crippen molar-refractivity contribution < 1.29 is 18.3 Å². The number of carbonyl (C=O) groups is 1.